The second kappa shape index (κ2) is 4.11. The van der Waals surface area contributed by atoms with Gasteiger partial charge in [0.15, 0.2) is 0 Å². The summed E-state index contributed by atoms with van der Waals surface area (Å²) in [6.45, 7) is 0.729. The molecule has 2 heterocycles. The number of fused-ring (bicyclic) bond motifs is 1. The van der Waals surface area contributed by atoms with Crippen molar-refractivity contribution in [2.24, 2.45) is 0 Å². The summed E-state index contributed by atoms with van der Waals surface area (Å²) in [7, 11) is 0. The van der Waals surface area contributed by atoms with Crippen molar-refractivity contribution in [3.8, 4) is 0 Å². The van der Waals surface area contributed by atoms with Crippen molar-refractivity contribution >= 4 is 38.4 Å². The van der Waals surface area contributed by atoms with Gasteiger partial charge in [-0.15, -0.1) is 0 Å². The summed E-state index contributed by atoms with van der Waals surface area (Å²) in [5, 5.41) is 1.03. The van der Waals surface area contributed by atoms with Crippen molar-refractivity contribution in [1.82, 2.24) is 4.98 Å². The number of para-hydroxylation sites is 1. The minimum atomic E-state index is 0.170. The first-order chi connectivity index (χ1) is 8.25. The molecule has 3 rings (SSSR count). The van der Waals surface area contributed by atoms with Gasteiger partial charge in [0.05, 0.1) is 11.2 Å². The van der Waals surface area contributed by atoms with Gasteiger partial charge in [-0.1, -0.05) is 34.1 Å². The fourth-order valence-electron chi connectivity index (χ4n) is 2.21. The first-order valence-corrected chi connectivity index (χ1v) is 6.45. The first-order valence-electron chi connectivity index (χ1n) is 5.54. The summed E-state index contributed by atoms with van der Waals surface area (Å²) < 4.78 is 0. The fourth-order valence-corrected chi connectivity index (χ4v) is 2.78. The van der Waals surface area contributed by atoms with Gasteiger partial charge in [0.25, 0.3) is 0 Å². The number of amides is 1. The third-order valence-electron chi connectivity index (χ3n) is 2.99. The maximum atomic E-state index is 11.9. The van der Waals surface area contributed by atoms with E-state index >= 15 is 0 Å². The van der Waals surface area contributed by atoms with E-state index in [0.717, 1.165) is 23.1 Å². The number of benzene rings is 1. The van der Waals surface area contributed by atoms with Crippen molar-refractivity contribution in [1.29, 1.82) is 0 Å². The molecule has 2 aromatic rings. The number of halogens is 1. The monoisotopic (exact) mass is 290 g/mol. The summed E-state index contributed by atoms with van der Waals surface area (Å²) in [4.78, 5) is 18.3. The number of aromatic nitrogens is 1. The molecule has 17 heavy (non-hydrogen) atoms. The van der Waals surface area contributed by atoms with E-state index in [9.17, 15) is 4.79 Å². The molecule has 1 saturated heterocycles. The molecule has 4 heteroatoms. The van der Waals surface area contributed by atoms with E-state index in [1.165, 1.54) is 0 Å². The smallest absolute Gasteiger partial charge is 0.228 e. The molecular weight excluding hydrogens is 280 g/mol. The standard InChI is InChI=1S/C13H11BrN2O/c14-9-7-13(17)16(8-9)12-5-6-15-11-4-2-1-3-10(11)12/h1-6,9H,7-8H2. The Morgan fingerprint density at radius 3 is 2.88 bits per heavy atom. The Morgan fingerprint density at radius 1 is 1.29 bits per heavy atom. The van der Waals surface area contributed by atoms with Crippen LogP contribution in [0.4, 0.5) is 5.69 Å². The zero-order valence-electron chi connectivity index (χ0n) is 9.14. The van der Waals surface area contributed by atoms with Crippen LogP contribution in [0, 0.1) is 0 Å². The number of anilines is 1. The number of hydrogen-bond donors (Lipinski definition) is 0. The molecule has 1 unspecified atom stereocenters. The molecule has 1 amide bonds. The summed E-state index contributed by atoms with van der Waals surface area (Å²) in [6.07, 6.45) is 2.32. The van der Waals surface area contributed by atoms with E-state index in [2.05, 4.69) is 20.9 Å². The second-order valence-corrected chi connectivity index (χ2v) is 5.45. The lowest BCUT2D eigenvalue weighted by atomic mass is 10.2. The van der Waals surface area contributed by atoms with Crippen molar-refractivity contribution in [3.63, 3.8) is 0 Å². The highest BCUT2D eigenvalue weighted by Gasteiger charge is 2.29. The van der Waals surface area contributed by atoms with Crippen LogP contribution in [0.15, 0.2) is 36.5 Å². The zero-order chi connectivity index (χ0) is 11.8. The average molecular weight is 291 g/mol. The van der Waals surface area contributed by atoms with E-state index in [-0.39, 0.29) is 10.7 Å². The number of carbonyl (C=O) groups excluding carboxylic acids is 1. The molecule has 1 fully saturated rings. The molecule has 3 nitrogen and oxygen atoms in total. The van der Waals surface area contributed by atoms with Gasteiger partial charge in [-0.3, -0.25) is 9.78 Å². The van der Waals surface area contributed by atoms with Crippen LogP contribution in [-0.4, -0.2) is 22.3 Å². The van der Waals surface area contributed by atoms with Crippen LogP contribution in [0.25, 0.3) is 10.9 Å². The molecule has 0 spiro atoms. The molecule has 0 radical (unpaired) electrons. The highest BCUT2D eigenvalue weighted by atomic mass is 79.9. The highest BCUT2D eigenvalue weighted by molar-refractivity contribution is 9.09. The Balaban J connectivity index is 2.14. The van der Waals surface area contributed by atoms with Crippen molar-refractivity contribution in [2.75, 3.05) is 11.4 Å². The number of carbonyl (C=O) groups is 1. The zero-order valence-corrected chi connectivity index (χ0v) is 10.7. The lowest BCUT2D eigenvalue weighted by molar-refractivity contribution is -0.117. The molecule has 0 aliphatic carbocycles. The van der Waals surface area contributed by atoms with Gasteiger partial charge in [0, 0.05) is 29.4 Å². The Morgan fingerprint density at radius 2 is 2.12 bits per heavy atom. The van der Waals surface area contributed by atoms with Gasteiger partial charge in [0.2, 0.25) is 5.91 Å². The third kappa shape index (κ3) is 1.82. The van der Waals surface area contributed by atoms with Crippen LogP contribution in [-0.2, 0) is 4.79 Å². The quantitative estimate of drug-likeness (QED) is 0.757. The lowest BCUT2D eigenvalue weighted by Gasteiger charge is -2.17. The second-order valence-electron chi connectivity index (χ2n) is 4.15. The fraction of sp³-hybridized carbons (Fsp3) is 0.231. The maximum Gasteiger partial charge on any atom is 0.228 e. The van der Waals surface area contributed by atoms with E-state index in [0.29, 0.717) is 6.42 Å². The SMILES string of the molecule is O=C1CC(Br)CN1c1ccnc2ccccc12. The van der Waals surface area contributed by atoms with Gasteiger partial charge in [-0.05, 0) is 12.1 Å². The third-order valence-corrected chi connectivity index (χ3v) is 3.61. The number of alkyl halides is 1. The molecule has 1 aliphatic heterocycles. The van der Waals surface area contributed by atoms with Crippen LogP contribution in [0.3, 0.4) is 0 Å². The van der Waals surface area contributed by atoms with E-state index in [4.69, 9.17) is 0 Å². The molecule has 1 aromatic heterocycles. The Labute approximate surface area is 108 Å². The van der Waals surface area contributed by atoms with Crippen LogP contribution >= 0.6 is 15.9 Å². The normalized spacial score (nSPS) is 20.2. The summed E-state index contributed by atoms with van der Waals surface area (Å²) in [6, 6.07) is 9.81. The molecule has 0 N–H and O–H groups in total. The molecule has 1 aliphatic rings. The number of nitrogens with zero attached hydrogens (tertiary/aromatic N) is 2. The molecule has 86 valence electrons. The molecule has 0 bridgehead atoms. The van der Waals surface area contributed by atoms with Crippen LogP contribution in [0.5, 0.6) is 0 Å². The summed E-state index contributed by atoms with van der Waals surface area (Å²) in [5.41, 5.74) is 1.89. The van der Waals surface area contributed by atoms with Crippen LogP contribution in [0.1, 0.15) is 6.42 Å². The molecule has 0 saturated carbocycles. The van der Waals surface area contributed by atoms with Gasteiger partial charge in [-0.2, -0.15) is 0 Å². The summed E-state index contributed by atoms with van der Waals surface area (Å²) >= 11 is 3.50. The number of rotatable bonds is 1. The predicted octanol–water partition coefficient (Wildman–Crippen LogP) is 2.74. The van der Waals surface area contributed by atoms with Crippen LogP contribution in [0.2, 0.25) is 0 Å². The van der Waals surface area contributed by atoms with E-state index < -0.39 is 0 Å². The molecule has 1 atom stereocenters. The number of pyridine rings is 1. The Hall–Kier alpha value is -1.42. The van der Waals surface area contributed by atoms with E-state index in [1.807, 2.05) is 35.2 Å². The highest BCUT2D eigenvalue weighted by Crippen LogP contribution is 2.30. The van der Waals surface area contributed by atoms with Crippen LogP contribution < -0.4 is 4.90 Å². The Bertz CT molecular complexity index is 579. The van der Waals surface area contributed by atoms with Crippen molar-refractivity contribution < 1.29 is 4.79 Å². The topological polar surface area (TPSA) is 33.2 Å². The molecule has 1 aromatic carbocycles. The van der Waals surface area contributed by atoms with Crippen molar-refractivity contribution in [3.05, 3.63) is 36.5 Å². The largest absolute Gasteiger partial charge is 0.311 e. The van der Waals surface area contributed by atoms with E-state index in [1.54, 1.807) is 6.20 Å². The first kappa shape index (κ1) is 10.7. The minimum Gasteiger partial charge on any atom is -0.311 e. The lowest BCUT2D eigenvalue weighted by Crippen LogP contribution is -2.24. The Kier molecular flexibility index (Phi) is 2.59. The van der Waals surface area contributed by atoms with Gasteiger partial charge < -0.3 is 4.90 Å². The predicted molar refractivity (Wildman–Crippen MR) is 71.4 cm³/mol. The average Bonchev–Trinajstić information content (AvgIpc) is 2.68. The van der Waals surface area contributed by atoms with Crippen molar-refractivity contribution in [2.45, 2.75) is 11.2 Å². The van der Waals surface area contributed by atoms with Gasteiger partial charge in [-0.25, -0.2) is 0 Å². The number of hydrogen-bond acceptors (Lipinski definition) is 2. The van der Waals surface area contributed by atoms with Gasteiger partial charge in [0.1, 0.15) is 0 Å². The minimum absolute atomic E-state index is 0.170. The summed E-state index contributed by atoms with van der Waals surface area (Å²) in [5.74, 6) is 0.170. The van der Waals surface area contributed by atoms with Gasteiger partial charge >= 0.3 is 0 Å². The maximum absolute atomic E-state index is 11.9. The molecular formula is C13H11BrN2O.